The highest BCUT2D eigenvalue weighted by molar-refractivity contribution is 6.60. The van der Waals surface area contributed by atoms with Crippen LogP contribution in [-0.4, -0.2) is 169 Å². The van der Waals surface area contributed by atoms with E-state index in [1.807, 2.05) is 20.8 Å². The molecule has 0 spiro atoms. The van der Waals surface area contributed by atoms with Crippen molar-refractivity contribution >= 4 is 61.0 Å². The largest absolute Gasteiger partial charge is 0.500 e. The molecule has 7 aromatic heterocycles. The first-order chi connectivity index (χ1) is 67.2. The zero-order valence-electron chi connectivity index (χ0n) is 80.3. The Bertz CT molecular complexity index is 7430. The summed E-state index contributed by atoms with van der Waals surface area (Å²) in [6, 6.07) is 26.0. The summed E-state index contributed by atoms with van der Waals surface area (Å²) in [5.74, 6) is 0. The van der Waals surface area contributed by atoms with Gasteiger partial charge in [0, 0.05) is 145 Å². The van der Waals surface area contributed by atoms with Crippen LogP contribution in [0.4, 0.5) is 0 Å². The summed E-state index contributed by atoms with van der Waals surface area (Å²) in [4.78, 5) is 253. The third kappa shape index (κ3) is 27.1. The number of hydrogen-bond acceptors (Lipinski definition) is 28. The summed E-state index contributed by atoms with van der Waals surface area (Å²) in [6.45, 7) is 42.0. The van der Waals surface area contributed by atoms with E-state index in [1.165, 1.54) is 75.0 Å². The molecule has 1 unspecified atom stereocenters. The van der Waals surface area contributed by atoms with E-state index < -0.39 is 137 Å². The van der Waals surface area contributed by atoms with E-state index in [9.17, 15) is 101 Å². The molecule has 0 amide bonds. The summed E-state index contributed by atoms with van der Waals surface area (Å²) in [7, 11) is 5.79. The fourth-order valence-corrected chi connectivity index (χ4v) is 16.7. The molecular formula is C90H117N21O28Si2. The normalized spacial score (nSPS) is 11.7. The molecule has 758 valence electrons. The van der Waals surface area contributed by atoms with Gasteiger partial charge in [-0.05, 0) is 68.5 Å². The zero-order chi connectivity index (χ0) is 106. The van der Waals surface area contributed by atoms with Gasteiger partial charge < -0.3 is 31.3 Å². The van der Waals surface area contributed by atoms with Crippen molar-refractivity contribution in [3.8, 4) is 17.1 Å². The van der Waals surface area contributed by atoms with E-state index in [1.54, 1.807) is 91.0 Å². The van der Waals surface area contributed by atoms with Crippen LogP contribution < -0.4 is 119 Å². The lowest BCUT2D eigenvalue weighted by atomic mass is 10.3. The summed E-state index contributed by atoms with van der Waals surface area (Å²) in [5.41, 5.74) is -13.3. The fourth-order valence-electron chi connectivity index (χ4n) is 13.3. The van der Waals surface area contributed by atoms with E-state index >= 15 is 0 Å². The standard InChI is InChI=1S/C17H33N3O9Si2.C17H13N3O3.C14H13N3O3.C12H19N3O3.C12H17N3O3.C11H13N3O4.C7H9N3O3/c1-8-18-15(21)19(11-9-13-30(24-2,25-3)26-4)17(23)20(16(18)22)12-10-14-31(27-5,28-6)29-7;1-2-18-15(21)19(13-9-5-3-6-10-13)17(23)20(16(18)22)14-11-7-4-8-12-14;1-3-10-16-12(18)15(4-2)13(19)17(14(16)20)11-8-6-5-7-9-11;2*1-4-7-9-15-11(17)13(6-3)10(16)14(8-5-2)12(15)18;1-3-5-13-9(15)12(4-2)10(16)14(11(13)17)6-8-7-18-8;1-4-10-6(12)8(2)5(11)9(3)7(10)13/h8H,1,9-14H2,2-7H3;2-12H,1H2;3-9H,1-2,10H2;6H,3-5,7-9H2,1-2H3;5-6H,2-4,7-9H2,1H3;3-4,8H,1-2,5-7H2;4H,1H2,2-3H3. The molecule has 0 saturated carbocycles. The van der Waals surface area contributed by atoms with E-state index in [4.69, 9.17) is 31.3 Å². The Morgan fingerprint density at radius 1 is 0.277 bits per heavy atom. The molecule has 10 aromatic rings. The van der Waals surface area contributed by atoms with Crippen LogP contribution in [0.1, 0.15) is 65.7 Å². The van der Waals surface area contributed by atoms with E-state index in [0.717, 1.165) is 159 Å². The number of ether oxygens (including phenoxy) is 1. The summed E-state index contributed by atoms with van der Waals surface area (Å²) < 4.78 is 56.3. The second-order valence-corrected chi connectivity index (χ2v) is 35.6. The third-order valence-electron chi connectivity index (χ3n) is 20.9. The highest BCUT2D eigenvalue weighted by atomic mass is 28.4. The molecule has 0 N–H and O–H groups in total. The van der Waals surface area contributed by atoms with Gasteiger partial charge in [-0.1, -0.05) is 152 Å². The Labute approximate surface area is 802 Å². The molecule has 8 heterocycles. The molecule has 1 saturated heterocycles. The number of aromatic nitrogens is 21. The molecule has 3 aromatic carbocycles. The van der Waals surface area contributed by atoms with Crippen LogP contribution in [0.5, 0.6) is 0 Å². The Kier molecular flexibility index (Phi) is 45.0. The van der Waals surface area contributed by atoms with Gasteiger partial charge in [-0.15, -0.1) is 19.7 Å². The van der Waals surface area contributed by atoms with E-state index in [-0.39, 0.29) is 45.4 Å². The zero-order valence-corrected chi connectivity index (χ0v) is 82.3. The van der Waals surface area contributed by atoms with Gasteiger partial charge in [0.25, 0.3) is 0 Å². The first-order valence-electron chi connectivity index (χ1n) is 43.3. The molecule has 0 radical (unpaired) electrons. The fraction of sp³-hybridized carbons (Fsp3) is 0.344. The van der Waals surface area contributed by atoms with Gasteiger partial charge in [0.05, 0.1) is 56.0 Å². The Morgan fingerprint density at radius 2 is 0.504 bits per heavy atom. The van der Waals surface area contributed by atoms with Crippen molar-refractivity contribution in [2.45, 2.75) is 143 Å². The molecule has 0 bridgehead atoms. The molecule has 1 aliphatic rings. The monoisotopic (exact) mass is 2000 g/mol. The maximum absolute atomic E-state index is 12.9. The lowest BCUT2D eigenvalue weighted by molar-refractivity contribution is 0.122. The topological polar surface area (TPSA) is 530 Å². The van der Waals surface area contributed by atoms with Gasteiger partial charge in [-0.25, -0.2) is 197 Å². The number of benzene rings is 3. The first kappa shape index (κ1) is 116. The van der Waals surface area contributed by atoms with Crippen molar-refractivity contribution in [1.29, 1.82) is 0 Å². The van der Waals surface area contributed by atoms with Crippen molar-refractivity contribution in [1.82, 2.24) is 95.9 Å². The molecule has 1 aliphatic heterocycles. The maximum Gasteiger partial charge on any atom is 0.500 e. The van der Waals surface area contributed by atoms with Gasteiger partial charge in [0.1, 0.15) is 0 Å². The van der Waals surface area contributed by atoms with Crippen LogP contribution in [0.2, 0.25) is 12.1 Å². The van der Waals surface area contributed by atoms with Gasteiger partial charge in [-0.3, -0.25) is 0 Å². The van der Waals surface area contributed by atoms with Crippen molar-refractivity contribution in [3.05, 3.63) is 395 Å². The Balaban J connectivity index is 0.000000294. The molecule has 141 heavy (non-hydrogen) atoms. The molecule has 1 atom stereocenters. The van der Waals surface area contributed by atoms with E-state index in [0.29, 0.717) is 81.1 Å². The average Bonchev–Trinajstić information content (AvgIpc) is 1.07. The predicted octanol–water partition coefficient (Wildman–Crippen LogP) is -0.550. The highest BCUT2D eigenvalue weighted by Crippen LogP contribution is 2.17. The van der Waals surface area contributed by atoms with Crippen LogP contribution in [0, 0.1) is 0 Å². The van der Waals surface area contributed by atoms with Gasteiger partial charge >= 0.3 is 137 Å². The number of hydrogen-bond donors (Lipinski definition) is 0. The Hall–Kier alpha value is -15.9. The van der Waals surface area contributed by atoms with Crippen LogP contribution in [-0.2, 0) is 104 Å². The molecular weight excluding hydrogens is 1880 g/mol. The van der Waals surface area contributed by atoms with E-state index in [2.05, 4.69) is 65.8 Å². The third-order valence-corrected chi connectivity index (χ3v) is 26.6. The average molecular weight is 2000 g/mol. The highest BCUT2D eigenvalue weighted by Gasteiger charge is 2.39. The van der Waals surface area contributed by atoms with Crippen molar-refractivity contribution in [2.24, 2.45) is 14.1 Å². The second kappa shape index (κ2) is 54.9. The number of rotatable bonds is 40. The predicted molar refractivity (Wildman–Crippen MR) is 538 cm³/mol. The summed E-state index contributed by atoms with van der Waals surface area (Å²) in [6.07, 6.45) is 16.4. The first-order valence-corrected chi connectivity index (χ1v) is 47.1. The number of unbranched alkanes of at least 4 members (excludes halogenated alkanes) is 2. The summed E-state index contributed by atoms with van der Waals surface area (Å²) >= 11 is 0. The minimum absolute atomic E-state index is 0.0125. The molecule has 1 fully saturated rings. The van der Waals surface area contributed by atoms with Crippen LogP contribution in [0.3, 0.4) is 0 Å². The van der Waals surface area contributed by atoms with Crippen molar-refractivity contribution < 1.29 is 31.3 Å². The van der Waals surface area contributed by atoms with Gasteiger partial charge in [0.15, 0.2) is 0 Å². The molecule has 49 nitrogen and oxygen atoms in total. The van der Waals surface area contributed by atoms with Crippen molar-refractivity contribution in [2.75, 3.05) is 49.3 Å². The van der Waals surface area contributed by atoms with Crippen molar-refractivity contribution in [3.63, 3.8) is 0 Å². The molecule has 51 heteroatoms. The van der Waals surface area contributed by atoms with Crippen LogP contribution in [0.25, 0.3) is 60.5 Å². The maximum atomic E-state index is 12.9. The number of allylic oxidation sites excluding steroid dienone is 3. The van der Waals surface area contributed by atoms with Crippen LogP contribution in [0.15, 0.2) is 276 Å². The number of epoxide rings is 1. The van der Waals surface area contributed by atoms with Crippen LogP contribution >= 0.6 is 0 Å². The minimum atomic E-state index is -2.86. The van der Waals surface area contributed by atoms with Gasteiger partial charge in [-0.2, -0.15) is 0 Å². The SMILES string of the molecule is C=CCn1c(=O)n(C=C)c(=O)n(-c2ccccc2)c1=O.C=CCn1c(=O)n(C=C)c(=O)n(CC2CO2)c1=O.C=CCn1c(=O)n(C=C)c(=O)n(CCCC)c1=O.C=Cn1c(=O)n(-c2ccccc2)c(=O)n(-c2ccccc2)c1=O.C=Cn1c(=O)n(C)c(=O)n(C)c1=O.C=Cn1c(=O)n(CCC)c(=O)n(CCCC)c1=O.C=Cn1c(=O)n(CCC[Si](OC)(OC)OC)c(=O)n(CCC[Si](OC)(OC)OC)c1=O. The molecule has 11 rings (SSSR count). The van der Waals surface area contributed by atoms with Gasteiger partial charge in [0.2, 0.25) is 0 Å². The quantitative estimate of drug-likeness (QED) is 0.0264. The molecule has 0 aliphatic carbocycles. The second-order valence-electron chi connectivity index (χ2n) is 29.5. The lowest BCUT2D eigenvalue weighted by Crippen LogP contribution is -2.53. The lowest BCUT2D eigenvalue weighted by Gasteiger charge is -2.24. The smallest absolute Gasteiger partial charge is 0.377 e. The Morgan fingerprint density at radius 3 is 0.766 bits per heavy atom. The number of para-hydroxylation sites is 3. The summed E-state index contributed by atoms with van der Waals surface area (Å²) in [5, 5.41) is 0. The number of nitrogens with zero attached hydrogens (tertiary/aromatic N) is 21. The minimum Gasteiger partial charge on any atom is -0.377 e.